The van der Waals surface area contributed by atoms with Crippen molar-refractivity contribution in [3.63, 3.8) is 0 Å². The van der Waals surface area contributed by atoms with Crippen LogP contribution >= 0.6 is 11.6 Å². The van der Waals surface area contributed by atoms with E-state index in [0.717, 1.165) is 24.3 Å². The molecule has 0 saturated carbocycles. The predicted molar refractivity (Wildman–Crippen MR) is 92.8 cm³/mol. The van der Waals surface area contributed by atoms with Crippen LogP contribution in [0.15, 0.2) is 47.4 Å². The Bertz CT molecular complexity index is 873. The van der Waals surface area contributed by atoms with Crippen LogP contribution in [0.3, 0.4) is 0 Å². The largest absolute Gasteiger partial charge is 0.573 e. The number of alkyl halides is 3. The van der Waals surface area contributed by atoms with E-state index in [1.807, 2.05) is 0 Å². The molecule has 0 aliphatic carbocycles. The Kier molecular flexibility index (Phi) is 6.79. The van der Waals surface area contributed by atoms with Crippen molar-refractivity contribution in [1.82, 2.24) is 0 Å². The van der Waals surface area contributed by atoms with E-state index in [2.05, 4.69) is 9.46 Å². The molecule has 0 amide bonds. The molecule has 0 aliphatic heterocycles. The van der Waals surface area contributed by atoms with E-state index in [9.17, 15) is 21.6 Å². The van der Waals surface area contributed by atoms with Gasteiger partial charge in [0.25, 0.3) is 10.0 Å². The van der Waals surface area contributed by atoms with Crippen LogP contribution in [0.5, 0.6) is 11.5 Å². The molecule has 2 aromatic carbocycles. The number of ether oxygens (including phenoxy) is 3. The molecule has 6 nitrogen and oxygen atoms in total. The molecule has 11 heteroatoms. The zero-order chi connectivity index (χ0) is 20.1. The van der Waals surface area contributed by atoms with Gasteiger partial charge in [-0.3, -0.25) is 4.72 Å². The minimum atomic E-state index is -4.84. The summed E-state index contributed by atoms with van der Waals surface area (Å²) in [5.74, 6) is -0.419. The van der Waals surface area contributed by atoms with Crippen LogP contribution in [-0.2, 0) is 14.8 Å². The van der Waals surface area contributed by atoms with Crippen molar-refractivity contribution in [2.45, 2.75) is 11.3 Å². The standard InChI is InChI=1S/C16H15ClF3NO5S/c1-24-8-9-25-14-7-2-11(17)10-15(14)27(22,23)21-12-3-5-13(6-4-12)26-16(18,19)20/h2-7,10,21H,8-9H2,1H3. The Morgan fingerprint density at radius 2 is 1.74 bits per heavy atom. The summed E-state index contributed by atoms with van der Waals surface area (Å²) in [6.07, 6.45) is -4.84. The van der Waals surface area contributed by atoms with Crippen LogP contribution in [0.2, 0.25) is 5.02 Å². The molecule has 0 radical (unpaired) electrons. The first kappa shape index (κ1) is 21.1. The normalized spacial score (nSPS) is 11.9. The van der Waals surface area contributed by atoms with E-state index < -0.39 is 22.1 Å². The third-order valence-electron chi connectivity index (χ3n) is 3.08. The van der Waals surface area contributed by atoms with Gasteiger partial charge in [-0.25, -0.2) is 8.42 Å². The third-order valence-corrected chi connectivity index (χ3v) is 4.72. The van der Waals surface area contributed by atoms with Crippen molar-refractivity contribution in [1.29, 1.82) is 0 Å². The van der Waals surface area contributed by atoms with Gasteiger partial charge in [0, 0.05) is 17.8 Å². The van der Waals surface area contributed by atoms with Crippen LogP contribution in [-0.4, -0.2) is 35.1 Å². The fourth-order valence-corrected chi connectivity index (χ4v) is 3.45. The summed E-state index contributed by atoms with van der Waals surface area (Å²) in [6.45, 7) is 0.361. The number of anilines is 1. The van der Waals surface area contributed by atoms with Gasteiger partial charge in [-0.1, -0.05) is 11.6 Å². The molecular weight excluding hydrogens is 411 g/mol. The van der Waals surface area contributed by atoms with Gasteiger partial charge in [0.05, 0.1) is 6.61 Å². The van der Waals surface area contributed by atoms with Gasteiger partial charge in [-0.15, -0.1) is 13.2 Å². The highest BCUT2D eigenvalue weighted by atomic mass is 35.5. The summed E-state index contributed by atoms with van der Waals surface area (Å²) < 4.78 is 78.0. The second-order valence-corrected chi connectivity index (χ2v) is 7.20. The maximum absolute atomic E-state index is 12.6. The number of nitrogens with one attached hydrogen (secondary N) is 1. The molecule has 0 unspecified atom stereocenters. The number of hydrogen-bond acceptors (Lipinski definition) is 5. The van der Waals surface area contributed by atoms with Gasteiger partial charge in [0.2, 0.25) is 0 Å². The molecule has 0 spiro atoms. The van der Waals surface area contributed by atoms with Gasteiger partial charge in [0.15, 0.2) is 0 Å². The number of benzene rings is 2. The Hall–Kier alpha value is -2.17. The van der Waals surface area contributed by atoms with E-state index in [4.69, 9.17) is 21.1 Å². The van der Waals surface area contributed by atoms with E-state index in [1.54, 1.807) is 0 Å². The molecule has 0 atom stereocenters. The van der Waals surface area contributed by atoms with Crippen LogP contribution in [0, 0.1) is 0 Å². The summed E-state index contributed by atoms with van der Waals surface area (Å²) in [7, 11) is -2.65. The van der Waals surface area contributed by atoms with E-state index >= 15 is 0 Å². The molecule has 0 heterocycles. The average Bonchev–Trinajstić information content (AvgIpc) is 2.56. The average molecular weight is 426 g/mol. The molecule has 1 N–H and O–H groups in total. The smallest absolute Gasteiger partial charge is 0.490 e. The SMILES string of the molecule is COCCOc1ccc(Cl)cc1S(=O)(=O)Nc1ccc(OC(F)(F)F)cc1. The summed E-state index contributed by atoms with van der Waals surface area (Å²) in [4.78, 5) is -0.221. The molecule has 0 aliphatic rings. The molecule has 27 heavy (non-hydrogen) atoms. The Labute approximate surface area is 158 Å². The van der Waals surface area contributed by atoms with Gasteiger partial charge in [-0.05, 0) is 42.5 Å². The Morgan fingerprint density at radius 3 is 2.33 bits per heavy atom. The zero-order valence-corrected chi connectivity index (χ0v) is 15.5. The molecule has 0 fully saturated rings. The van der Waals surface area contributed by atoms with Gasteiger partial charge < -0.3 is 14.2 Å². The lowest BCUT2D eigenvalue weighted by Gasteiger charge is -2.14. The number of methoxy groups -OCH3 is 1. The van der Waals surface area contributed by atoms with Crippen molar-refractivity contribution < 1.29 is 35.8 Å². The van der Waals surface area contributed by atoms with Gasteiger partial charge in [-0.2, -0.15) is 0 Å². The maximum atomic E-state index is 12.6. The van der Waals surface area contributed by atoms with Crippen LogP contribution in [0.25, 0.3) is 0 Å². The molecule has 2 aromatic rings. The van der Waals surface area contributed by atoms with Crippen LogP contribution in [0.4, 0.5) is 18.9 Å². The highest BCUT2D eigenvalue weighted by Gasteiger charge is 2.31. The minimum absolute atomic E-state index is 0.0346. The fourth-order valence-electron chi connectivity index (χ4n) is 1.98. The van der Waals surface area contributed by atoms with Crippen molar-refractivity contribution in [3.05, 3.63) is 47.5 Å². The van der Waals surface area contributed by atoms with E-state index in [0.29, 0.717) is 0 Å². The maximum Gasteiger partial charge on any atom is 0.573 e. The third kappa shape index (κ3) is 6.49. The summed E-state index contributed by atoms with van der Waals surface area (Å²) in [6, 6.07) is 8.30. The second-order valence-electron chi connectivity index (χ2n) is 5.11. The van der Waals surface area contributed by atoms with Gasteiger partial charge >= 0.3 is 6.36 Å². The van der Waals surface area contributed by atoms with E-state index in [-0.39, 0.29) is 34.6 Å². The van der Waals surface area contributed by atoms with Crippen molar-refractivity contribution in [2.24, 2.45) is 0 Å². The number of rotatable bonds is 8. The summed E-state index contributed by atoms with van der Waals surface area (Å²) in [5, 5.41) is 0.170. The fraction of sp³-hybridized carbons (Fsp3) is 0.250. The first-order valence-corrected chi connectivity index (χ1v) is 9.27. The molecule has 2 rings (SSSR count). The quantitative estimate of drug-likeness (QED) is 0.645. The lowest BCUT2D eigenvalue weighted by Crippen LogP contribution is -2.17. The Balaban J connectivity index is 2.22. The predicted octanol–water partition coefficient (Wildman–Crippen LogP) is 4.06. The first-order valence-electron chi connectivity index (χ1n) is 7.40. The molecular formula is C16H15ClF3NO5S. The lowest BCUT2D eigenvalue weighted by atomic mass is 10.3. The minimum Gasteiger partial charge on any atom is -0.490 e. The number of sulfonamides is 1. The van der Waals surface area contributed by atoms with Crippen LogP contribution in [0.1, 0.15) is 0 Å². The summed E-state index contributed by atoms with van der Waals surface area (Å²) >= 11 is 5.87. The van der Waals surface area contributed by atoms with E-state index in [1.165, 1.54) is 25.3 Å². The topological polar surface area (TPSA) is 73.9 Å². The van der Waals surface area contributed by atoms with Crippen molar-refractivity contribution in [2.75, 3.05) is 25.0 Å². The molecule has 0 saturated heterocycles. The molecule has 0 aromatic heterocycles. The summed E-state index contributed by atoms with van der Waals surface area (Å²) in [5.41, 5.74) is 0.0346. The second kappa shape index (κ2) is 8.68. The lowest BCUT2D eigenvalue weighted by molar-refractivity contribution is -0.274. The molecule has 0 bridgehead atoms. The number of halogens is 4. The highest BCUT2D eigenvalue weighted by Crippen LogP contribution is 2.30. The van der Waals surface area contributed by atoms with Crippen molar-refractivity contribution >= 4 is 27.3 Å². The van der Waals surface area contributed by atoms with Crippen LogP contribution < -0.4 is 14.2 Å². The molecule has 148 valence electrons. The monoisotopic (exact) mass is 425 g/mol. The first-order chi connectivity index (χ1) is 12.6. The Morgan fingerprint density at radius 1 is 1.07 bits per heavy atom. The zero-order valence-electron chi connectivity index (χ0n) is 13.9. The number of hydrogen-bond donors (Lipinski definition) is 1. The highest BCUT2D eigenvalue weighted by molar-refractivity contribution is 7.92. The van der Waals surface area contributed by atoms with Crippen molar-refractivity contribution in [3.8, 4) is 11.5 Å². The van der Waals surface area contributed by atoms with Gasteiger partial charge in [0.1, 0.15) is 23.0 Å².